The van der Waals surface area contributed by atoms with Gasteiger partial charge in [0.25, 0.3) is 0 Å². The van der Waals surface area contributed by atoms with Crippen LogP contribution in [0.25, 0.3) is 0 Å². The highest BCUT2D eigenvalue weighted by atomic mass is 32.2. The summed E-state index contributed by atoms with van der Waals surface area (Å²) >= 11 is 5.72. The monoisotopic (exact) mass is 145 g/mol. The van der Waals surface area contributed by atoms with Crippen molar-refractivity contribution in [1.29, 1.82) is 0 Å². The van der Waals surface area contributed by atoms with Crippen molar-refractivity contribution in [2.75, 3.05) is 5.73 Å². The molecule has 0 bridgehead atoms. The van der Waals surface area contributed by atoms with Gasteiger partial charge in [0.1, 0.15) is 0 Å². The largest absolute Gasteiger partial charge is 0.397 e. The van der Waals surface area contributed by atoms with E-state index in [0.717, 1.165) is 9.90 Å². The van der Waals surface area contributed by atoms with Gasteiger partial charge in [0.15, 0.2) is 0 Å². The summed E-state index contributed by atoms with van der Waals surface area (Å²) < 4.78 is 0.919. The molecule has 1 rings (SSSR count). The fourth-order valence-electron chi connectivity index (χ4n) is 0.522. The second-order valence-electron chi connectivity index (χ2n) is 1.62. The van der Waals surface area contributed by atoms with Gasteiger partial charge in [-0.15, -0.1) is 24.0 Å². The van der Waals surface area contributed by atoms with Gasteiger partial charge in [0.05, 0.1) is 9.90 Å². The summed E-state index contributed by atoms with van der Waals surface area (Å²) in [6.45, 7) is 2.01. The Kier molecular flexibility index (Phi) is 1.49. The number of thiol groups is 1. The lowest BCUT2D eigenvalue weighted by Crippen LogP contribution is -1.78. The zero-order chi connectivity index (χ0) is 6.15. The number of hydrogen-bond acceptors (Lipinski definition) is 3. The van der Waals surface area contributed by atoms with Gasteiger partial charge in [-0.2, -0.15) is 0 Å². The molecule has 0 aliphatic rings. The molecule has 2 N–H and O–H groups in total. The van der Waals surface area contributed by atoms with Crippen LogP contribution in [0.5, 0.6) is 0 Å². The van der Waals surface area contributed by atoms with Crippen LogP contribution in [0.4, 0.5) is 5.69 Å². The van der Waals surface area contributed by atoms with Crippen LogP contribution in [-0.4, -0.2) is 0 Å². The van der Waals surface area contributed by atoms with E-state index in [2.05, 4.69) is 12.6 Å². The van der Waals surface area contributed by atoms with Gasteiger partial charge < -0.3 is 5.73 Å². The zero-order valence-electron chi connectivity index (χ0n) is 4.51. The fourth-order valence-corrected chi connectivity index (χ4v) is 1.69. The summed E-state index contributed by atoms with van der Waals surface area (Å²) in [5, 5.41) is 0. The Balaban J connectivity index is 3.14. The van der Waals surface area contributed by atoms with Crippen LogP contribution < -0.4 is 5.73 Å². The van der Waals surface area contributed by atoms with Crippen molar-refractivity contribution in [3.63, 3.8) is 0 Å². The normalized spacial score (nSPS) is 9.75. The van der Waals surface area contributed by atoms with Crippen molar-refractivity contribution in [2.45, 2.75) is 11.1 Å². The van der Waals surface area contributed by atoms with Gasteiger partial charge >= 0.3 is 0 Å². The summed E-state index contributed by atoms with van der Waals surface area (Å²) in [6, 6.07) is 1.92. The molecule has 0 fully saturated rings. The highest BCUT2D eigenvalue weighted by Gasteiger charge is 1.95. The second-order valence-corrected chi connectivity index (χ2v) is 3.62. The lowest BCUT2D eigenvalue weighted by molar-refractivity contribution is 1.62. The molecule has 0 saturated heterocycles. The van der Waals surface area contributed by atoms with Gasteiger partial charge in [-0.05, 0) is 13.0 Å². The van der Waals surface area contributed by atoms with E-state index in [-0.39, 0.29) is 0 Å². The molecule has 44 valence electrons. The molecule has 0 spiro atoms. The predicted molar refractivity (Wildman–Crippen MR) is 40.7 cm³/mol. The summed E-state index contributed by atoms with van der Waals surface area (Å²) in [6.07, 6.45) is 0. The number of nitrogens with two attached hydrogens (primary N) is 1. The minimum absolute atomic E-state index is 0.788. The minimum atomic E-state index is 0.788. The van der Waals surface area contributed by atoms with Crippen molar-refractivity contribution >= 4 is 29.7 Å². The van der Waals surface area contributed by atoms with E-state index < -0.39 is 0 Å². The first kappa shape index (κ1) is 5.98. The van der Waals surface area contributed by atoms with E-state index in [0.29, 0.717) is 0 Å². The van der Waals surface area contributed by atoms with E-state index in [1.165, 1.54) is 4.88 Å². The summed E-state index contributed by atoms with van der Waals surface area (Å²) in [5.74, 6) is 0. The number of anilines is 1. The summed E-state index contributed by atoms with van der Waals surface area (Å²) in [5.41, 5.74) is 6.26. The van der Waals surface area contributed by atoms with Gasteiger partial charge in [0.2, 0.25) is 0 Å². The average molecular weight is 145 g/mol. The smallest absolute Gasteiger partial charge is 0.0800 e. The minimum Gasteiger partial charge on any atom is -0.397 e. The van der Waals surface area contributed by atoms with Crippen LogP contribution in [0.2, 0.25) is 0 Å². The van der Waals surface area contributed by atoms with Crippen LogP contribution in [-0.2, 0) is 0 Å². The molecule has 0 aromatic carbocycles. The SMILES string of the molecule is Cc1cc(N)c(S)s1. The van der Waals surface area contributed by atoms with Crippen molar-refractivity contribution in [3.8, 4) is 0 Å². The Hall–Kier alpha value is -0.150. The Bertz CT molecular complexity index is 173. The van der Waals surface area contributed by atoms with Gasteiger partial charge in [-0.3, -0.25) is 0 Å². The van der Waals surface area contributed by atoms with Crippen LogP contribution in [0, 0.1) is 6.92 Å². The number of rotatable bonds is 0. The Morgan fingerprint density at radius 2 is 2.38 bits per heavy atom. The molecule has 1 aromatic heterocycles. The first-order chi connectivity index (χ1) is 3.70. The third-order valence-corrected chi connectivity index (χ3v) is 2.26. The van der Waals surface area contributed by atoms with E-state index in [1.807, 2.05) is 13.0 Å². The molecule has 8 heavy (non-hydrogen) atoms. The maximum atomic E-state index is 5.47. The molecule has 0 atom stereocenters. The first-order valence-electron chi connectivity index (χ1n) is 2.25. The molecule has 0 aliphatic carbocycles. The van der Waals surface area contributed by atoms with E-state index >= 15 is 0 Å². The lowest BCUT2D eigenvalue weighted by Gasteiger charge is -1.80. The zero-order valence-corrected chi connectivity index (χ0v) is 6.22. The molecule has 1 aromatic rings. The van der Waals surface area contributed by atoms with Gasteiger partial charge in [-0.1, -0.05) is 0 Å². The molecule has 0 aliphatic heterocycles. The maximum Gasteiger partial charge on any atom is 0.0800 e. The Morgan fingerprint density at radius 3 is 2.50 bits per heavy atom. The molecule has 0 radical (unpaired) electrons. The molecule has 1 heterocycles. The maximum absolute atomic E-state index is 5.47. The first-order valence-corrected chi connectivity index (χ1v) is 3.51. The average Bonchev–Trinajstić information content (AvgIpc) is 1.85. The molecular weight excluding hydrogens is 138 g/mol. The van der Waals surface area contributed by atoms with Crippen LogP contribution >= 0.6 is 24.0 Å². The van der Waals surface area contributed by atoms with Crippen molar-refractivity contribution in [3.05, 3.63) is 10.9 Å². The molecule has 0 amide bonds. The van der Waals surface area contributed by atoms with Crippen LogP contribution in [0.15, 0.2) is 10.3 Å². The number of nitrogen functional groups attached to an aromatic ring is 1. The lowest BCUT2D eigenvalue weighted by atomic mass is 10.5. The number of hydrogen-bond donors (Lipinski definition) is 2. The summed E-state index contributed by atoms with van der Waals surface area (Å²) in [7, 11) is 0. The third-order valence-electron chi connectivity index (χ3n) is 0.863. The van der Waals surface area contributed by atoms with Crippen LogP contribution in [0.1, 0.15) is 4.88 Å². The number of thiophene rings is 1. The van der Waals surface area contributed by atoms with Gasteiger partial charge in [-0.25, -0.2) is 0 Å². The Morgan fingerprint density at radius 1 is 1.75 bits per heavy atom. The van der Waals surface area contributed by atoms with Gasteiger partial charge in [0, 0.05) is 4.88 Å². The second kappa shape index (κ2) is 1.99. The predicted octanol–water partition coefficient (Wildman–Crippen LogP) is 1.93. The molecule has 1 nitrogen and oxygen atoms in total. The fraction of sp³-hybridized carbons (Fsp3) is 0.200. The van der Waals surface area contributed by atoms with E-state index in [4.69, 9.17) is 5.73 Å². The number of aryl methyl sites for hydroxylation is 1. The molecule has 0 unspecified atom stereocenters. The van der Waals surface area contributed by atoms with Crippen molar-refractivity contribution < 1.29 is 0 Å². The Labute approximate surface area is 57.9 Å². The quantitative estimate of drug-likeness (QED) is 0.536. The standard InChI is InChI=1S/C5H7NS2/c1-3-2-4(6)5(7)8-3/h2,7H,6H2,1H3. The molecular formula is C5H7NS2. The van der Waals surface area contributed by atoms with Crippen molar-refractivity contribution in [2.24, 2.45) is 0 Å². The molecule has 0 saturated carbocycles. The third kappa shape index (κ3) is 0.980. The van der Waals surface area contributed by atoms with E-state index in [9.17, 15) is 0 Å². The molecule has 3 heteroatoms. The van der Waals surface area contributed by atoms with E-state index in [1.54, 1.807) is 11.3 Å². The highest BCUT2D eigenvalue weighted by Crippen LogP contribution is 2.26. The highest BCUT2D eigenvalue weighted by molar-refractivity contribution is 7.83. The van der Waals surface area contributed by atoms with Crippen molar-refractivity contribution in [1.82, 2.24) is 0 Å². The van der Waals surface area contributed by atoms with Crippen LogP contribution in [0.3, 0.4) is 0 Å². The topological polar surface area (TPSA) is 26.0 Å². The summed E-state index contributed by atoms with van der Waals surface area (Å²) in [4.78, 5) is 1.22.